The van der Waals surface area contributed by atoms with E-state index in [0.717, 1.165) is 5.56 Å². The summed E-state index contributed by atoms with van der Waals surface area (Å²) in [5.74, 6) is -0.628. The number of carbonyl (C=O) groups excluding carboxylic acids is 1. The van der Waals surface area contributed by atoms with Gasteiger partial charge in [0, 0.05) is 5.56 Å². The number of anilines is 1. The topological polar surface area (TPSA) is 66.8 Å². The van der Waals surface area contributed by atoms with Crippen molar-refractivity contribution in [1.29, 1.82) is 0 Å². The van der Waals surface area contributed by atoms with Crippen LogP contribution in [0.3, 0.4) is 0 Å². The molecule has 0 aromatic heterocycles. The maximum atomic E-state index is 13.2. The Bertz CT molecular complexity index is 936. The van der Waals surface area contributed by atoms with Crippen LogP contribution in [0.15, 0.2) is 78.9 Å². The molecule has 3 aromatic carbocycles. The number of carboxylic acids is 1. The molecule has 0 aliphatic carbocycles. The normalized spacial score (nSPS) is 10.3. The largest absolute Gasteiger partial charge is 0.497 e. The van der Waals surface area contributed by atoms with E-state index in [1.807, 2.05) is 30.3 Å². The summed E-state index contributed by atoms with van der Waals surface area (Å²) < 4.78 is 5.17. The van der Waals surface area contributed by atoms with Crippen LogP contribution in [0.2, 0.25) is 0 Å². The fourth-order valence-corrected chi connectivity index (χ4v) is 2.81. The summed E-state index contributed by atoms with van der Waals surface area (Å²) >= 11 is 0. The van der Waals surface area contributed by atoms with Crippen molar-refractivity contribution in [3.05, 3.63) is 95.6 Å². The van der Waals surface area contributed by atoms with Gasteiger partial charge in [-0.25, -0.2) is 4.79 Å². The molecule has 0 unspecified atom stereocenters. The van der Waals surface area contributed by atoms with E-state index < -0.39 is 5.97 Å². The van der Waals surface area contributed by atoms with Crippen molar-refractivity contribution in [1.82, 2.24) is 0 Å². The smallest absolute Gasteiger partial charge is 0.337 e. The van der Waals surface area contributed by atoms with E-state index in [2.05, 4.69) is 0 Å². The summed E-state index contributed by atoms with van der Waals surface area (Å²) in [5, 5.41) is 9.55. The van der Waals surface area contributed by atoms with Gasteiger partial charge in [-0.15, -0.1) is 0 Å². The predicted molar refractivity (Wildman–Crippen MR) is 103 cm³/mol. The number of ether oxygens (including phenoxy) is 1. The highest BCUT2D eigenvalue weighted by atomic mass is 16.5. The number of nitrogens with zero attached hydrogens (tertiary/aromatic N) is 1. The molecule has 136 valence electrons. The van der Waals surface area contributed by atoms with E-state index in [9.17, 15) is 14.7 Å². The summed E-state index contributed by atoms with van der Waals surface area (Å²) in [7, 11) is 1.59. The molecule has 5 nitrogen and oxygen atoms in total. The van der Waals surface area contributed by atoms with Crippen molar-refractivity contribution in [2.45, 2.75) is 6.54 Å². The van der Waals surface area contributed by atoms with Gasteiger partial charge in [0.05, 0.1) is 24.9 Å². The Balaban J connectivity index is 2.03. The lowest BCUT2D eigenvalue weighted by Gasteiger charge is -2.25. The number of methoxy groups -OCH3 is 1. The Morgan fingerprint density at radius 3 is 2.15 bits per heavy atom. The molecule has 1 amide bonds. The zero-order chi connectivity index (χ0) is 19.2. The molecular weight excluding hydrogens is 342 g/mol. The summed E-state index contributed by atoms with van der Waals surface area (Å²) in [5.41, 5.74) is 1.79. The SMILES string of the molecule is COc1ccc(CN(C(=O)c2ccccc2)c2ccccc2C(=O)O)cc1. The molecule has 0 atom stereocenters. The van der Waals surface area contributed by atoms with Gasteiger partial charge in [-0.3, -0.25) is 4.79 Å². The fraction of sp³-hybridized carbons (Fsp3) is 0.0909. The standard InChI is InChI=1S/C22H19NO4/c1-27-18-13-11-16(12-14-18)15-23(21(24)17-7-3-2-4-8-17)20-10-6-5-9-19(20)22(25)26/h2-14H,15H2,1H3,(H,25,26). The molecule has 0 bridgehead atoms. The van der Waals surface area contributed by atoms with Crippen LogP contribution in [0.1, 0.15) is 26.3 Å². The molecule has 0 saturated carbocycles. The Morgan fingerprint density at radius 1 is 0.889 bits per heavy atom. The van der Waals surface area contributed by atoms with Crippen LogP contribution in [0, 0.1) is 0 Å². The Hall–Kier alpha value is -3.60. The lowest BCUT2D eigenvalue weighted by Crippen LogP contribution is -2.31. The molecule has 0 radical (unpaired) electrons. The minimum atomic E-state index is -1.08. The number of hydrogen-bond donors (Lipinski definition) is 1. The van der Waals surface area contributed by atoms with E-state index in [1.54, 1.807) is 49.6 Å². The molecule has 0 saturated heterocycles. The van der Waals surface area contributed by atoms with Gasteiger partial charge in [0.2, 0.25) is 0 Å². The molecule has 0 aliphatic heterocycles. The quantitative estimate of drug-likeness (QED) is 0.713. The maximum absolute atomic E-state index is 13.2. The molecule has 0 fully saturated rings. The molecule has 1 N–H and O–H groups in total. The zero-order valence-corrected chi connectivity index (χ0v) is 14.8. The van der Waals surface area contributed by atoms with Gasteiger partial charge < -0.3 is 14.7 Å². The monoisotopic (exact) mass is 361 g/mol. The van der Waals surface area contributed by atoms with Gasteiger partial charge in [0.15, 0.2) is 0 Å². The van der Waals surface area contributed by atoms with Gasteiger partial charge in [-0.05, 0) is 42.0 Å². The van der Waals surface area contributed by atoms with Crippen molar-refractivity contribution >= 4 is 17.6 Å². The molecule has 0 heterocycles. The number of carboxylic acid groups (broad SMARTS) is 1. The molecule has 0 aliphatic rings. The first-order valence-electron chi connectivity index (χ1n) is 8.42. The van der Waals surface area contributed by atoms with Crippen molar-refractivity contribution < 1.29 is 19.4 Å². The van der Waals surface area contributed by atoms with Gasteiger partial charge in [-0.2, -0.15) is 0 Å². The first-order valence-corrected chi connectivity index (χ1v) is 8.42. The lowest BCUT2D eigenvalue weighted by molar-refractivity contribution is 0.0697. The average Bonchev–Trinajstić information content (AvgIpc) is 2.72. The number of rotatable bonds is 6. The first-order chi connectivity index (χ1) is 13.1. The second-order valence-electron chi connectivity index (χ2n) is 5.93. The maximum Gasteiger partial charge on any atom is 0.337 e. The number of hydrogen-bond acceptors (Lipinski definition) is 3. The van der Waals surface area contributed by atoms with Crippen LogP contribution in [0.4, 0.5) is 5.69 Å². The predicted octanol–water partition coefficient (Wildman–Crippen LogP) is 4.24. The summed E-state index contributed by atoms with van der Waals surface area (Å²) in [6.45, 7) is 0.238. The van der Waals surface area contributed by atoms with E-state index in [4.69, 9.17) is 4.74 Å². The van der Waals surface area contributed by atoms with Crippen LogP contribution in [0.25, 0.3) is 0 Å². The number of amides is 1. The lowest BCUT2D eigenvalue weighted by atomic mass is 10.1. The Labute approximate surface area is 157 Å². The van der Waals surface area contributed by atoms with Crippen molar-refractivity contribution in [3.63, 3.8) is 0 Å². The summed E-state index contributed by atoms with van der Waals surface area (Å²) in [6, 6.07) is 22.7. The summed E-state index contributed by atoms with van der Waals surface area (Å²) in [6.07, 6.45) is 0. The van der Waals surface area contributed by atoms with Crippen LogP contribution >= 0.6 is 0 Å². The second-order valence-corrected chi connectivity index (χ2v) is 5.93. The fourth-order valence-electron chi connectivity index (χ4n) is 2.81. The van der Waals surface area contributed by atoms with Crippen LogP contribution in [0.5, 0.6) is 5.75 Å². The highest BCUT2D eigenvalue weighted by Crippen LogP contribution is 2.25. The minimum Gasteiger partial charge on any atom is -0.497 e. The van der Waals surface area contributed by atoms with E-state index in [-0.39, 0.29) is 18.0 Å². The third kappa shape index (κ3) is 4.15. The molecular formula is C22H19NO4. The molecule has 5 heteroatoms. The highest BCUT2D eigenvalue weighted by molar-refractivity contribution is 6.09. The zero-order valence-electron chi connectivity index (χ0n) is 14.8. The number of carbonyl (C=O) groups is 2. The Kier molecular flexibility index (Phi) is 5.52. The van der Waals surface area contributed by atoms with E-state index in [0.29, 0.717) is 17.0 Å². The van der Waals surface area contributed by atoms with E-state index in [1.165, 1.54) is 11.0 Å². The van der Waals surface area contributed by atoms with Gasteiger partial charge in [0.1, 0.15) is 5.75 Å². The molecule has 0 spiro atoms. The van der Waals surface area contributed by atoms with Crippen LogP contribution < -0.4 is 9.64 Å². The number of aromatic carboxylic acids is 1. The summed E-state index contributed by atoms with van der Waals surface area (Å²) in [4.78, 5) is 26.3. The Morgan fingerprint density at radius 2 is 1.52 bits per heavy atom. The molecule has 27 heavy (non-hydrogen) atoms. The van der Waals surface area contributed by atoms with Gasteiger partial charge in [-0.1, -0.05) is 42.5 Å². The van der Waals surface area contributed by atoms with E-state index >= 15 is 0 Å². The number of para-hydroxylation sites is 1. The second kappa shape index (κ2) is 8.19. The number of benzene rings is 3. The third-order valence-corrected chi connectivity index (χ3v) is 4.19. The van der Waals surface area contributed by atoms with Crippen LogP contribution in [-0.4, -0.2) is 24.1 Å². The average molecular weight is 361 g/mol. The molecule has 3 rings (SSSR count). The highest BCUT2D eigenvalue weighted by Gasteiger charge is 2.22. The third-order valence-electron chi connectivity index (χ3n) is 4.19. The minimum absolute atomic E-state index is 0.0790. The van der Waals surface area contributed by atoms with Crippen molar-refractivity contribution in [2.24, 2.45) is 0 Å². The van der Waals surface area contributed by atoms with Crippen LogP contribution in [-0.2, 0) is 6.54 Å². The van der Waals surface area contributed by atoms with Gasteiger partial charge >= 0.3 is 5.97 Å². The van der Waals surface area contributed by atoms with Crippen molar-refractivity contribution in [2.75, 3.05) is 12.0 Å². The van der Waals surface area contributed by atoms with Gasteiger partial charge in [0.25, 0.3) is 5.91 Å². The molecule has 3 aromatic rings. The first kappa shape index (κ1) is 18.2. The van der Waals surface area contributed by atoms with Crippen molar-refractivity contribution in [3.8, 4) is 5.75 Å².